The molecule has 172 valence electrons. The fourth-order valence-corrected chi connectivity index (χ4v) is 4.48. The molecule has 9 nitrogen and oxygen atoms in total. The first-order chi connectivity index (χ1) is 15.8. The first-order valence-corrected chi connectivity index (χ1v) is 11.1. The third-order valence-corrected chi connectivity index (χ3v) is 6.13. The number of hydrogen-bond acceptors (Lipinski definition) is 8. The number of rotatable bonds is 7. The van der Waals surface area contributed by atoms with Crippen molar-refractivity contribution in [2.75, 3.05) is 13.2 Å². The van der Waals surface area contributed by atoms with E-state index < -0.39 is 40.4 Å². The van der Waals surface area contributed by atoms with Crippen LogP contribution < -0.4 is 5.32 Å². The molecule has 3 rings (SSSR count). The van der Waals surface area contributed by atoms with Gasteiger partial charge >= 0.3 is 11.9 Å². The molecule has 0 unspecified atom stereocenters. The van der Waals surface area contributed by atoms with Crippen LogP contribution in [0, 0.1) is 21.4 Å². The van der Waals surface area contributed by atoms with E-state index in [1.54, 1.807) is 50.2 Å². The number of benzene rings is 2. The maximum Gasteiger partial charge on any atom is 0.339 e. The molecule has 0 aromatic heterocycles. The van der Waals surface area contributed by atoms with Gasteiger partial charge in [0.2, 0.25) is 11.6 Å². The van der Waals surface area contributed by atoms with Gasteiger partial charge in [-0.2, -0.15) is 5.26 Å². The van der Waals surface area contributed by atoms with E-state index in [0.29, 0.717) is 16.7 Å². The highest BCUT2D eigenvalue weighted by molar-refractivity contribution is 9.10. The van der Waals surface area contributed by atoms with Gasteiger partial charge in [0.15, 0.2) is 0 Å². The Morgan fingerprint density at radius 3 is 2.03 bits per heavy atom. The summed E-state index contributed by atoms with van der Waals surface area (Å²) in [7, 11) is 0. The number of esters is 2. The first-order valence-electron chi connectivity index (χ1n) is 10.3. The van der Waals surface area contributed by atoms with Gasteiger partial charge in [-0.15, -0.1) is 0 Å². The Morgan fingerprint density at radius 2 is 1.58 bits per heavy atom. The zero-order valence-electron chi connectivity index (χ0n) is 18.0. The van der Waals surface area contributed by atoms with Crippen molar-refractivity contribution in [3.63, 3.8) is 0 Å². The van der Waals surface area contributed by atoms with Crippen molar-refractivity contribution in [2.45, 2.75) is 37.4 Å². The second kappa shape index (κ2) is 10.1. The van der Waals surface area contributed by atoms with Crippen LogP contribution in [0.2, 0.25) is 0 Å². The standard InChI is InChI=1S/C23H22BrN3O6/c1-3-32-21(28)23(22(29)33-4-2)18(15-9-11-17(24)12-10-15)20(27(30)31)19(26-23)16-7-5-14(13-25)6-8-16/h5-12,18-20,26H,3-4H2,1-2H3/t18-,19-,20-/m1/s1. The Bertz CT molecular complexity index is 1060. The molecular formula is C23H22BrN3O6. The minimum Gasteiger partial charge on any atom is -0.464 e. The Hall–Kier alpha value is -3.29. The van der Waals surface area contributed by atoms with E-state index in [4.69, 9.17) is 14.7 Å². The highest BCUT2D eigenvalue weighted by Crippen LogP contribution is 2.47. The van der Waals surface area contributed by atoms with Gasteiger partial charge in [-0.3, -0.25) is 15.4 Å². The molecule has 2 aromatic carbocycles. The summed E-state index contributed by atoms with van der Waals surface area (Å²) in [5.74, 6) is -3.11. The number of nitrogens with zero attached hydrogens (tertiary/aromatic N) is 2. The summed E-state index contributed by atoms with van der Waals surface area (Å²) in [5.41, 5.74) is -0.908. The lowest BCUT2D eigenvalue weighted by atomic mass is 9.77. The van der Waals surface area contributed by atoms with Gasteiger partial charge in [0.25, 0.3) is 0 Å². The van der Waals surface area contributed by atoms with Crippen molar-refractivity contribution < 1.29 is 24.0 Å². The average molecular weight is 516 g/mol. The summed E-state index contributed by atoms with van der Waals surface area (Å²) >= 11 is 3.34. The van der Waals surface area contributed by atoms with Crippen molar-refractivity contribution in [2.24, 2.45) is 0 Å². The van der Waals surface area contributed by atoms with Crippen molar-refractivity contribution >= 4 is 27.9 Å². The van der Waals surface area contributed by atoms with Crippen LogP contribution >= 0.6 is 15.9 Å². The molecule has 0 amide bonds. The van der Waals surface area contributed by atoms with Crippen LogP contribution in [0.15, 0.2) is 53.0 Å². The number of carbonyl (C=O) groups is 2. The minimum absolute atomic E-state index is 0.0284. The summed E-state index contributed by atoms with van der Waals surface area (Å²) in [6.07, 6.45) is 0. The predicted octanol–water partition coefficient (Wildman–Crippen LogP) is 3.26. The summed E-state index contributed by atoms with van der Waals surface area (Å²) in [6.45, 7) is 3.12. The van der Waals surface area contributed by atoms with Crippen LogP contribution in [0.4, 0.5) is 0 Å². The molecule has 33 heavy (non-hydrogen) atoms. The zero-order valence-corrected chi connectivity index (χ0v) is 19.6. The zero-order chi connectivity index (χ0) is 24.2. The minimum atomic E-state index is -2.14. The average Bonchev–Trinajstić information content (AvgIpc) is 3.18. The maximum absolute atomic E-state index is 13.3. The second-order valence-electron chi connectivity index (χ2n) is 7.41. The topological polar surface area (TPSA) is 132 Å². The smallest absolute Gasteiger partial charge is 0.339 e. The van der Waals surface area contributed by atoms with Crippen LogP contribution in [0.5, 0.6) is 0 Å². The van der Waals surface area contributed by atoms with Gasteiger partial charge in [-0.1, -0.05) is 40.2 Å². The Balaban J connectivity index is 2.27. The SMILES string of the molecule is CCOC(=O)C1(C(=O)OCC)N[C@H](c2ccc(C#N)cc2)[C@H]([N+](=O)[O-])[C@H]1c1ccc(Br)cc1. The number of ether oxygens (including phenoxy) is 2. The highest BCUT2D eigenvalue weighted by atomic mass is 79.9. The number of nitriles is 1. The molecule has 0 bridgehead atoms. The van der Waals surface area contributed by atoms with Crippen LogP contribution in [0.1, 0.15) is 42.5 Å². The Kier molecular flexibility index (Phi) is 7.46. The van der Waals surface area contributed by atoms with Gasteiger partial charge in [0.05, 0.1) is 30.8 Å². The number of carbonyl (C=O) groups excluding carboxylic acids is 2. The molecule has 1 fully saturated rings. The molecule has 0 radical (unpaired) electrons. The van der Waals surface area contributed by atoms with Crippen molar-refractivity contribution in [3.8, 4) is 6.07 Å². The molecule has 0 aliphatic carbocycles. The van der Waals surface area contributed by atoms with Gasteiger partial charge < -0.3 is 9.47 Å². The summed E-state index contributed by atoms with van der Waals surface area (Å²) < 4.78 is 11.2. The van der Waals surface area contributed by atoms with E-state index in [2.05, 4.69) is 21.2 Å². The van der Waals surface area contributed by atoms with Gasteiger partial charge in [0.1, 0.15) is 6.04 Å². The molecule has 1 N–H and O–H groups in total. The molecule has 0 spiro atoms. The number of halogens is 1. The number of hydrogen-bond donors (Lipinski definition) is 1. The van der Waals surface area contributed by atoms with Crippen LogP contribution in [-0.2, 0) is 19.1 Å². The molecule has 1 aliphatic rings. The third kappa shape index (κ3) is 4.47. The largest absolute Gasteiger partial charge is 0.464 e. The first kappa shape index (κ1) is 24.4. The molecule has 0 saturated carbocycles. The lowest BCUT2D eigenvalue weighted by Crippen LogP contribution is -2.60. The van der Waals surface area contributed by atoms with Gasteiger partial charge in [-0.25, -0.2) is 9.59 Å². The Labute approximate surface area is 199 Å². The van der Waals surface area contributed by atoms with E-state index in [1.165, 1.54) is 12.1 Å². The molecule has 3 atom stereocenters. The van der Waals surface area contributed by atoms with E-state index >= 15 is 0 Å². The van der Waals surface area contributed by atoms with E-state index in [9.17, 15) is 19.7 Å². The van der Waals surface area contributed by atoms with Crippen LogP contribution in [0.25, 0.3) is 0 Å². The van der Waals surface area contributed by atoms with Gasteiger partial charge in [-0.05, 0) is 49.2 Å². The molecule has 2 aromatic rings. The van der Waals surface area contributed by atoms with E-state index in [1.807, 2.05) is 6.07 Å². The quantitative estimate of drug-likeness (QED) is 0.257. The number of nitrogens with one attached hydrogen (secondary N) is 1. The molecular weight excluding hydrogens is 494 g/mol. The van der Waals surface area contributed by atoms with Gasteiger partial charge in [0, 0.05) is 9.40 Å². The summed E-state index contributed by atoms with van der Waals surface area (Å²) in [4.78, 5) is 38.5. The maximum atomic E-state index is 13.3. The molecule has 1 aliphatic heterocycles. The fraction of sp³-hybridized carbons (Fsp3) is 0.348. The molecule has 1 saturated heterocycles. The number of nitro groups is 1. The predicted molar refractivity (Wildman–Crippen MR) is 121 cm³/mol. The van der Waals surface area contributed by atoms with Crippen molar-refractivity contribution in [1.29, 1.82) is 5.26 Å². The fourth-order valence-electron chi connectivity index (χ4n) is 4.22. The normalized spacial score (nSPS) is 21.1. The van der Waals surface area contributed by atoms with Crippen LogP contribution in [-0.4, -0.2) is 41.7 Å². The van der Waals surface area contributed by atoms with Crippen molar-refractivity contribution in [3.05, 3.63) is 79.8 Å². The Morgan fingerprint density at radius 1 is 1.06 bits per heavy atom. The molecule has 1 heterocycles. The summed E-state index contributed by atoms with van der Waals surface area (Å²) in [5, 5.41) is 24.4. The lowest BCUT2D eigenvalue weighted by Gasteiger charge is -2.30. The second-order valence-corrected chi connectivity index (χ2v) is 8.33. The lowest BCUT2D eigenvalue weighted by molar-refractivity contribution is -0.527. The van der Waals surface area contributed by atoms with Crippen LogP contribution in [0.3, 0.4) is 0 Å². The summed E-state index contributed by atoms with van der Waals surface area (Å²) in [6, 6.07) is 12.4. The highest BCUT2D eigenvalue weighted by Gasteiger charge is 2.69. The van der Waals surface area contributed by atoms with E-state index in [-0.39, 0.29) is 13.2 Å². The monoisotopic (exact) mass is 515 g/mol. The third-order valence-electron chi connectivity index (χ3n) is 5.60. The van der Waals surface area contributed by atoms with Crippen molar-refractivity contribution in [1.82, 2.24) is 5.32 Å². The van der Waals surface area contributed by atoms with E-state index in [0.717, 1.165) is 4.47 Å². The molecule has 10 heteroatoms.